The molecule has 0 bridgehead atoms. The molecule has 0 spiro atoms. The van der Waals surface area contributed by atoms with Crippen LogP contribution in [0.5, 0.6) is 0 Å². The van der Waals surface area contributed by atoms with Crippen LogP contribution in [-0.4, -0.2) is 36.0 Å². The third kappa shape index (κ3) is 3.83. The summed E-state index contributed by atoms with van der Waals surface area (Å²) in [6.45, 7) is 8.59. The Morgan fingerprint density at radius 3 is 2.60 bits per heavy atom. The molecule has 4 heteroatoms. The number of benzene rings is 1. The summed E-state index contributed by atoms with van der Waals surface area (Å²) in [6.07, 6.45) is 2.07. The standard InChI is InChI=1S/C16H23BrN2O/c1-11(2)19-8-6-13(7-9-19)18-16(20)14-10-12(3)4-5-15(14)17/h4-5,10-11,13H,6-9H2,1-3H3,(H,18,20). The van der Waals surface area contributed by atoms with Gasteiger partial charge in [-0.05, 0) is 61.7 Å². The van der Waals surface area contributed by atoms with E-state index in [2.05, 4.69) is 40.0 Å². The van der Waals surface area contributed by atoms with E-state index in [1.54, 1.807) is 0 Å². The molecule has 1 N–H and O–H groups in total. The van der Waals surface area contributed by atoms with E-state index in [1.165, 1.54) is 0 Å². The highest BCUT2D eigenvalue weighted by molar-refractivity contribution is 9.10. The molecule has 1 amide bonds. The van der Waals surface area contributed by atoms with E-state index in [9.17, 15) is 4.79 Å². The van der Waals surface area contributed by atoms with Gasteiger partial charge in [0.25, 0.3) is 5.91 Å². The molecule has 1 saturated heterocycles. The first-order chi connectivity index (χ1) is 9.47. The third-order valence-corrected chi connectivity index (χ3v) is 4.65. The van der Waals surface area contributed by atoms with Crippen molar-refractivity contribution in [1.82, 2.24) is 10.2 Å². The molecule has 110 valence electrons. The van der Waals surface area contributed by atoms with Crippen molar-refractivity contribution in [2.45, 2.75) is 45.7 Å². The zero-order valence-corrected chi connectivity index (χ0v) is 14.0. The number of carbonyl (C=O) groups is 1. The van der Waals surface area contributed by atoms with E-state index in [4.69, 9.17) is 0 Å². The average molecular weight is 339 g/mol. The molecular formula is C16H23BrN2O. The van der Waals surface area contributed by atoms with Gasteiger partial charge >= 0.3 is 0 Å². The van der Waals surface area contributed by atoms with Gasteiger partial charge in [0.1, 0.15) is 0 Å². The molecule has 1 aliphatic heterocycles. The lowest BCUT2D eigenvalue weighted by Gasteiger charge is -2.34. The number of nitrogens with zero attached hydrogens (tertiary/aromatic N) is 1. The lowest BCUT2D eigenvalue weighted by molar-refractivity contribution is 0.0900. The maximum atomic E-state index is 12.3. The van der Waals surface area contributed by atoms with E-state index in [-0.39, 0.29) is 5.91 Å². The third-order valence-electron chi connectivity index (χ3n) is 3.96. The minimum atomic E-state index is 0.0311. The Labute approximate surface area is 129 Å². The van der Waals surface area contributed by atoms with Crippen molar-refractivity contribution < 1.29 is 4.79 Å². The van der Waals surface area contributed by atoms with Crippen LogP contribution >= 0.6 is 15.9 Å². The summed E-state index contributed by atoms with van der Waals surface area (Å²) >= 11 is 3.46. The van der Waals surface area contributed by atoms with Gasteiger partial charge in [-0.2, -0.15) is 0 Å². The topological polar surface area (TPSA) is 32.3 Å². The average Bonchev–Trinajstić information content (AvgIpc) is 2.42. The van der Waals surface area contributed by atoms with Gasteiger partial charge in [-0.1, -0.05) is 11.6 Å². The molecule has 20 heavy (non-hydrogen) atoms. The Balaban J connectivity index is 1.94. The Hall–Kier alpha value is -0.870. The van der Waals surface area contributed by atoms with Crippen molar-refractivity contribution in [3.8, 4) is 0 Å². The summed E-state index contributed by atoms with van der Waals surface area (Å²) in [5.41, 5.74) is 1.84. The van der Waals surface area contributed by atoms with Gasteiger partial charge in [0.05, 0.1) is 5.56 Å². The van der Waals surface area contributed by atoms with Crippen molar-refractivity contribution in [1.29, 1.82) is 0 Å². The number of rotatable bonds is 3. The summed E-state index contributed by atoms with van der Waals surface area (Å²) in [5, 5.41) is 3.17. The van der Waals surface area contributed by atoms with Crippen LogP contribution in [0, 0.1) is 6.92 Å². The fourth-order valence-corrected chi connectivity index (χ4v) is 3.06. The molecule has 1 fully saturated rings. The second-order valence-electron chi connectivity index (χ2n) is 5.86. The van der Waals surface area contributed by atoms with Crippen molar-refractivity contribution in [2.75, 3.05) is 13.1 Å². The SMILES string of the molecule is Cc1ccc(Br)c(C(=O)NC2CCN(C(C)C)CC2)c1. The van der Waals surface area contributed by atoms with Crippen LogP contribution in [0.4, 0.5) is 0 Å². The number of piperidine rings is 1. The molecule has 0 atom stereocenters. The van der Waals surface area contributed by atoms with Crippen molar-refractivity contribution >= 4 is 21.8 Å². The Bertz CT molecular complexity index is 479. The molecule has 0 unspecified atom stereocenters. The number of likely N-dealkylation sites (tertiary alicyclic amines) is 1. The summed E-state index contributed by atoms with van der Waals surface area (Å²) in [6, 6.07) is 6.76. The van der Waals surface area contributed by atoms with Gasteiger partial charge in [0.2, 0.25) is 0 Å². The summed E-state index contributed by atoms with van der Waals surface area (Å²) in [5.74, 6) is 0.0311. The molecule has 1 aromatic carbocycles. The molecule has 0 radical (unpaired) electrons. The maximum Gasteiger partial charge on any atom is 0.252 e. The molecule has 1 aromatic rings. The second-order valence-corrected chi connectivity index (χ2v) is 6.72. The molecule has 3 nitrogen and oxygen atoms in total. The zero-order chi connectivity index (χ0) is 14.7. The normalized spacial score (nSPS) is 17.4. The molecule has 0 aromatic heterocycles. The van der Waals surface area contributed by atoms with Crippen molar-refractivity contribution in [3.05, 3.63) is 33.8 Å². The lowest BCUT2D eigenvalue weighted by Crippen LogP contribution is -2.46. The summed E-state index contributed by atoms with van der Waals surface area (Å²) in [7, 11) is 0. The number of nitrogens with one attached hydrogen (secondary N) is 1. The van der Waals surface area contributed by atoms with Gasteiger partial charge in [0, 0.05) is 29.6 Å². The molecule has 0 saturated carbocycles. The van der Waals surface area contributed by atoms with E-state index >= 15 is 0 Å². The number of amides is 1. The number of hydrogen-bond acceptors (Lipinski definition) is 2. The zero-order valence-electron chi connectivity index (χ0n) is 12.4. The van der Waals surface area contributed by atoms with Crippen molar-refractivity contribution in [3.63, 3.8) is 0 Å². The quantitative estimate of drug-likeness (QED) is 0.916. The minimum absolute atomic E-state index is 0.0311. The Morgan fingerprint density at radius 1 is 1.35 bits per heavy atom. The fraction of sp³-hybridized carbons (Fsp3) is 0.562. The largest absolute Gasteiger partial charge is 0.349 e. The predicted molar refractivity (Wildman–Crippen MR) is 86.1 cm³/mol. The molecule has 1 heterocycles. The van der Waals surface area contributed by atoms with Gasteiger partial charge in [-0.25, -0.2) is 0 Å². The minimum Gasteiger partial charge on any atom is -0.349 e. The highest BCUT2D eigenvalue weighted by Gasteiger charge is 2.23. The molecule has 0 aliphatic carbocycles. The predicted octanol–water partition coefficient (Wildman–Crippen LogP) is 3.36. The van der Waals surface area contributed by atoms with Gasteiger partial charge in [-0.15, -0.1) is 0 Å². The number of carbonyl (C=O) groups excluding carboxylic acids is 1. The molecular weight excluding hydrogens is 316 g/mol. The Kier molecular flexibility index (Phi) is 5.22. The summed E-state index contributed by atoms with van der Waals surface area (Å²) < 4.78 is 0.861. The van der Waals surface area contributed by atoms with Crippen LogP contribution in [0.25, 0.3) is 0 Å². The smallest absolute Gasteiger partial charge is 0.252 e. The second kappa shape index (κ2) is 6.72. The first-order valence-electron chi connectivity index (χ1n) is 7.28. The monoisotopic (exact) mass is 338 g/mol. The van der Waals surface area contributed by atoms with Crippen LogP contribution in [0.1, 0.15) is 42.6 Å². The molecule has 2 rings (SSSR count). The van der Waals surface area contributed by atoms with E-state index in [0.29, 0.717) is 12.1 Å². The van der Waals surface area contributed by atoms with Gasteiger partial charge in [-0.3, -0.25) is 4.79 Å². The van der Waals surface area contributed by atoms with Crippen LogP contribution in [0.15, 0.2) is 22.7 Å². The van der Waals surface area contributed by atoms with Crippen LogP contribution < -0.4 is 5.32 Å². The van der Waals surface area contributed by atoms with E-state index in [1.807, 2.05) is 25.1 Å². The number of hydrogen-bond donors (Lipinski definition) is 1. The number of aryl methyl sites for hydroxylation is 1. The highest BCUT2D eigenvalue weighted by Crippen LogP contribution is 2.19. The first-order valence-corrected chi connectivity index (χ1v) is 8.07. The van der Waals surface area contributed by atoms with E-state index in [0.717, 1.165) is 41.5 Å². The first kappa shape index (κ1) is 15.5. The maximum absolute atomic E-state index is 12.3. The molecule has 1 aliphatic rings. The van der Waals surface area contributed by atoms with Gasteiger partial charge < -0.3 is 10.2 Å². The van der Waals surface area contributed by atoms with Crippen LogP contribution in [0.3, 0.4) is 0 Å². The fourth-order valence-electron chi connectivity index (χ4n) is 2.64. The lowest BCUT2D eigenvalue weighted by atomic mass is 10.0. The van der Waals surface area contributed by atoms with Gasteiger partial charge in [0.15, 0.2) is 0 Å². The summed E-state index contributed by atoms with van der Waals surface area (Å²) in [4.78, 5) is 14.8. The number of halogens is 1. The highest BCUT2D eigenvalue weighted by atomic mass is 79.9. The van der Waals surface area contributed by atoms with Crippen LogP contribution in [0.2, 0.25) is 0 Å². The van der Waals surface area contributed by atoms with E-state index < -0.39 is 0 Å². The van der Waals surface area contributed by atoms with Crippen molar-refractivity contribution in [2.24, 2.45) is 0 Å². The Morgan fingerprint density at radius 2 is 2.00 bits per heavy atom. The van der Waals surface area contributed by atoms with Crippen LogP contribution in [-0.2, 0) is 0 Å².